The number of piperidine rings is 1. The quantitative estimate of drug-likeness (QED) is 0.233. The van der Waals surface area contributed by atoms with Crippen LogP contribution in [-0.4, -0.2) is 51.2 Å². The van der Waals surface area contributed by atoms with E-state index in [1.807, 2.05) is 6.07 Å². The number of aromatic amines is 1. The van der Waals surface area contributed by atoms with Gasteiger partial charge in [0.05, 0.1) is 11.0 Å². The van der Waals surface area contributed by atoms with Crippen LogP contribution in [0.5, 0.6) is 0 Å². The van der Waals surface area contributed by atoms with Gasteiger partial charge in [0.15, 0.2) is 17.3 Å². The predicted octanol–water partition coefficient (Wildman–Crippen LogP) is 5.90. The maximum absolute atomic E-state index is 14.6. The number of benzene rings is 2. The lowest BCUT2D eigenvalue weighted by molar-refractivity contribution is 0.502. The van der Waals surface area contributed by atoms with Gasteiger partial charge in [-0.2, -0.15) is 0 Å². The Labute approximate surface area is 255 Å². The third-order valence-corrected chi connectivity index (χ3v) is 10.9. The van der Waals surface area contributed by atoms with E-state index in [-0.39, 0.29) is 46.1 Å². The molecule has 1 atom stereocenters. The van der Waals surface area contributed by atoms with Gasteiger partial charge in [-0.25, -0.2) is 39.9 Å². The van der Waals surface area contributed by atoms with E-state index in [9.17, 15) is 26.0 Å². The van der Waals surface area contributed by atoms with Crippen LogP contribution in [-0.2, 0) is 10.0 Å². The van der Waals surface area contributed by atoms with Crippen LogP contribution in [0.2, 0.25) is 0 Å². The fraction of sp³-hybridized carbons (Fsp3) is 0.250. The number of nitrogens with one attached hydrogen (secondary N) is 1. The van der Waals surface area contributed by atoms with E-state index in [4.69, 9.17) is 5.73 Å². The van der Waals surface area contributed by atoms with Crippen LogP contribution in [0.25, 0.3) is 33.2 Å². The Kier molecular flexibility index (Phi) is 6.86. The highest BCUT2D eigenvalue weighted by Crippen LogP contribution is 2.42. The van der Waals surface area contributed by atoms with Gasteiger partial charge in [-0.15, -0.1) is 0 Å². The molecule has 2 aromatic carbocycles. The van der Waals surface area contributed by atoms with Gasteiger partial charge in [0.25, 0.3) is 0 Å². The molecular weight excluding hydrogens is 608 g/mol. The summed E-state index contributed by atoms with van der Waals surface area (Å²) < 4.78 is 85.3. The fourth-order valence-electron chi connectivity index (χ4n) is 6.24. The van der Waals surface area contributed by atoms with Crippen molar-refractivity contribution < 1.29 is 26.0 Å². The molecule has 0 amide bonds. The summed E-state index contributed by atoms with van der Waals surface area (Å²) in [6.07, 6.45) is 7.56. The number of hydrogen-bond donors (Lipinski definition) is 2. The minimum atomic E-state index is -4.30. The zero-order valence-electron chi connectivity index (χ0n) is 24.1. The molecule has 0 radical (unpaired) electrons. The highest BCUT2D eigenvalue weighted by Gasteiger charge is 2.43. The average Bonchev–Trinajstić information content (AvgIpc) is 3.62. The average molecular weight is 637 g/mol. The van der Waals surface area contributed by atoms with Crippen molar-refractivity contribution in [1.82, 2.24) is 18.9 Å². The molecule has 13 heteroatoms. The third-order valence-electron chi connectivity index (χ3n) is 8.62. The molecule has 7 rings (SSSR count). The molecule has 3 N–H and O–H groups in total. The van der Waals surface area contributed by atoms with Crippen LogP contribution >= 0.6 is 0 Å². The Morgan fingerprint density at radius 2 is 1.71 bits per heavy atom. The Morgan fingerprint density at radius 3 is 2.44 bits per heavy atom. The molecule has 45 heavy (non-hydrogen) atoms. The van der Waals surface area contributed by atoms with Gasteiger partial charge in [0.1, 0.15) is 22.2 Å². The molecule has 1 saturated heterocycles. The predicted molar refractivity (Wildman–Crippen MR) is 165 cm³/mol. The minimum Gasteiger partial charge on any atom is -0.371 e. The van der Waals surface area contributed by atoms with Crippen LogP contribution in [0, 0.1) is 23.3 Å². The second-order valence-corrected chi connectivity index (χ2v) is 14.1. The van der Waals surface area contributed by atoms with Crippen molar-refractivity contribution in [3.63, 3.8) is 0 Å². The summed E-state index contributed by atoms with van der Waals surface area (Å²) in [4.78, 5) is 13.9. The first-order valence-electron chi connectivity index (χ1n) is 14.4. The smallest absolute Gasteiger partial charge is 0.249 e. The van der Waals surface area contributed by atoms with Gasteiger partial charge in [-0.05, 0) is 66.8 Å². The molecule has 0 spiro atoms. The van der Waals surface area contributed by atoms with Crippen molar-refractivity contribution in [3.05, 3.63) is 102 Å². The largest absolute Gasteiger partial charge is 0.371 e. The summed E-state index contributed by atoms with van der Waals surface area (Å²) in [6.45, 7) is 2.96. The summed E-state index contributed by atoms with van der Waals surface area (Å²) in [6, 6.07) is 8.52. The number of rotatable bonds is 5. The first-order valence-corrected chi connectivity index (χ1v) is 15.8. The van der Waals surface area contributed by atoms with Crippen LogP contribution < -0.4 is 10.6 Å². The molecule has 8 nitrogen and oxygen atoms in total. The molecule has 5 aromatic rings. The van der Waals surface area contributed by atoms with Gasteiger partial charge < -0.3 is 15.6 Å². The van der Waals surface area contributed by atoms with E-state index >= 15 is 0 Å². The van der Waals surface area contributed by atoms with E-state index in [2.05, 4.69) is 19.9 Å². The van der Waals surface area contributed by atoms with Crippen molar-refractivity contribution in [1.29, 1.82) is 0 Å². The Hall–Kier alpha value is -4.49. The number of nitrogens with two attached hydrogens (primary N) is 1. The molecule has 4 heterocycles. The van der Waals surface area contributed by atoms with Crippen LogP contribution in [0.15, 0.2) is 67.0 Å². The highest BCUT2D eigenvalue weighted by molar-refractivity contribution is 7.91. The van der Waals surface area contributed by atoms with Crippen molar-refractivity contribution in [2.24, 2.45) is 5.73 Å². The SMILES string of the molecule is CC1(S(=O)(=O)n2ccc3c(N4CCC(N)CC4)ccnc32)C=C(c2cc(F)cc(F)c2)C=C(c2nc3cc(F)c(F)cc3[nH]2)C1. The zero-order chi connectivity index (χ0) is 31.7. The van der Waals surface area contributed by atoms with Crippen molar-refractivity contribution in [2.45, 2.75) is 37.0 Å². The summed E-state index contributed by atoms with van der Waals surface area (Å²) in [5.41, 5.74) is 8.21. The Balaban J connectivity index is 1.36. The highest BCUT2D eigenvalue weighted by atomic mass is 32.2. The molecule has 1 unspecified atom stereocenters. The number of aromatic nitrogens is 4. The number of imidazole rings is 1. The second-order valence-electron chi connectivity index (χ2n) is 11.8. The maximum atomic E-state index is 14.6. The lowest BCUT2D eigenvalue weighted by atomic mass is 9.87. The van der Waals surface area contributed by atoms with Crippen LogP contribution in [0.3, 0.4) is 0 Å². The topological polar surface area (TPSA) is 110 Å². The number of hydrogen-bond acceptors (Lipinski definition) is 6. The molecule has 232 valence electrons. The minimum absolute atomic E-state index is 0.111. The number of pyridine rings is 1. The molecule has 3 aromatic heterocycles. The van der Waals surface area contributed by atoms with E-state index in [0.717, 1.165) is 65.9 Å². The number of fused-ring (bicyclic) bond motifs is 2. The molecule has 0 bridgehead atoms. The number of H-pyrrole nitrogens is 1. The fourth-order valence-corrected chi connectivity index (χ4v) is 7.89. The summed E-state index contributed by atoms with van der Waals surface area (Å²) in [7, 11) is -4.30. The first-order chi connectivity index (χ1) is 21.4. The molecule has 0 saturated carbocycles. The lowest BCUT2D eigenvalue weighted by Gasteiger charge is -2.33. The maximum Gasteiger partial charge on any atom is 0.249 e. The second kappa shape index (κ2) is 10.6. The summed E-state index contributed by atoms with van der Waals surface area (Å²) in [5, 5.41) is 0.657. The standard InChI is InChI=1S/C32H28F4N6O2S/c1-32(45(43,44)42-9-5-24-29(2-6-38-31(24)42)41-7-3-23(37)4-8-41)16-19(18-11-21(33)13-22(34)12-18)10-20(17-32)30-39-27-14-25(35)26(36)15-28(27)40-30/h2,5-6,9-16,23H,3-4,7-8,17,37H2,1H3,(H,39,40). The molecular formula is C32H28F4N6O2S. The van der Waals surface area contributed by atoms with Gasteiger partial charge in [-0.1, -0.05) is 6.08 Å². The number of anilines is 1. The van der Waals surface area contributed by atoms with E-state index in [0.29, 0.717) is 11.0 Å². The van der Waals surface area contributed by atoms with Gasteiger partial charge in [0.2, 0.25) is 10.0 Å². The van der Waals surface area contributed by atoms with E-state index in [1.54, 1.807) is 18.3 Å². The molecule has 1 aliphatic carbocycles. The summed E-state index contributed by atoms with van der Waals surface area (Å²) in [5.74, 6) is -3.66. The Morgan fingerprint density at radius 1 is 1.00 bits per heavy atom. The van der Waals surface area contributed by atoms with E-state index < -0.39 is 38.0 Å². The molecule has 1 aliphatic heterocycles. The van der Waals surface area contributed by atoms with Gasteiger partial charge in [0, 0.05) is 67.2 Å². The molecule has 1 fully saturated rings. The van der Waals surface area contributed by atoms with Gasteiger partial charge >= 0.3 is 0 Å². The third kappa shape index (κ3) is 4.99. The number of halogens is 4. The van der Waals surface area contributed by atoms with Gasteiger partial charge in [-0.3, -0.25) is 0 Å². The van der Waals surface area contributed by atoms with Crippen molar-refractivity contribution >= 4 is 48.9 Å². The number of allylic oxidation sites excluding steroid dienone is 3. The molecule has 2 aliphatic rings. The first kappa shape index (κ1) is 29.2. The van der Waals surface area contributed by atoms with E-state index in [1.165, 1.54) is 19.2 Å². The normalized spacial score (nSPS) is 19.7. The van der Waals surface area contributed by atoms with Crippen molar-refractivity contribution in [2.75, 3.05) is 18.0 Å². The lowest BCUT2D eigenvalue weighted by Crippen LogP contribution is -2.40. The monoisotopic (exact) mass is 636 g/mol. The summed E-state index contributed by atoms with van der Waals surface area (Å²) >= 11 is 0. The Bertz CT molecular complexity index is 2110. The zero-order valence-corrected chi connectivity index (χ0v) is 24.9. The van der Waals surface area contributed by atoms with Crippen LogP contribution in [0.4, 0.5) is 23.2 Å². The van der Waals surface area contributed by atoms with Crippen LogP contribution in [0.1, 0.15) is 37.6 Å². The number of nitrogens with zero attached hydrogens (tertiary/aromatic N) is 4. The van der Waals surface area contributed by atoms with Crippen molar-refractivity contribution in [3.8, 4) is 0 Å².